The number of nitrogens with zero attached hydrogens (tertiary/aromatic N) is 1. The van der Waals surface area contributed by atoms with Gasteiger partial charge in [-0.25, -0.2) is 0 Å². The Balaban J connectivity index is 2.19. The number of rotatable bonds is 5. The van der Waals surface area contributed by atoms with Crippen molar-refractivity contribution in [2.45, 2.75) is 32.7 Å². The minimum absolute atomic E-state index is 0.00403. The predicted molar refractivity (Wildman–Crippen MR) is 70.1 cm³/mol. The molecule has 0 aromatic heterocycles. The van der Waals surface area contributed by atoms with Crippen molar-refractivity contribution >= 4 is 11.4 Å². The summed E-state index contributed by atoms with van der Waals surface area (Å²) in [6.07, 6.45) is 2.42. The molecule has 0 heterocycles. The first-order chi connectivity index (χ1) is 8.46. The van der Waals surface area contributed by atoms with E-state index in [1.165, 1.54) is 26.0 Å². The second-order valence-corrected chi connectivity index (χ2v) is 5.16. The summed E-state index contributed by atoms with van der Waals surface area (Å²) >= 11 is 0. The van der Waals surface area contributed by atoms with Gasteiger partial charge in [-0.2, -0.15) is 0 Å². The molecule has 0 bridgehead atoms. The lowest BCUT2D eigenvalue weighted by atomic mass is 10.0. The van der Waals surface area contributed by atoms with E-state index in [9.17, 15) is 10.1 Å². The molecular formula is C13H18N2O3. The molecule has 0 radical (unpaired) electrons. The van der Waals surface area contributed by atoms with Gasteiger partial charge in [-0.3, -0.25) is 10.1 Å². The van der Waals surface area contributed by atoms with E-state index in [4.69, 9.17) is 4.74 Å². The van der Waals surface area contributed by atoms with Crippen LogP contribution in [0.1, 0.15) is 26.7 Å². The second kappa shape index (κ2) is 4.48. The molecule has 5 nitrogen and oxygen atoms in total. The SMILES string of the molecule is COc1ccc(NC(C)C2(C)CC2)cc1[N+](=O)[O-]. The molecule has 0 spiro atoms. The molecule has 1 aliphatic carbocycles. The first-order valence-electron chi connectivity index (χ1n) is 6.05. The van der Waals surface area contributed by atoms with E-state index in [1.807, 2.05) is 6.07 Å². The van der Waals surface area contributed by atoms with E-state index in [2.05, 4.69) is 19.2 Å². The van der Waals surface area contributed by atoms with Crippen LogP contribution in [0.15, 0.2) is 18.2 Å². The van der Waals surface area contributed by atoms with Crippen LogP contribution in [-0.4, -0.2) is 18.1 Å². The first kappa shape index (κ1) is 12.7. The third-order valence-corrected chi connectivity index (χ3v) is 3.84. The predicted octanol–water partition coefficient (Wildman–Crippen LogP) is 3.20. The van der Waals surface area contributed by atoms with Gasteiger partial charge in [-0.05, 0) is 37.3 Å². The number of ether oxygens (including phenoxy) is 1. The zero-order chi connectivity index (χ0) is 13.3. The molecule has 0 aliphatic heterocycles. The van der Waals surface area contributed by atoms with E-state index in [0.717, 1.165) is 5.69 Å². The van der Waals surface area contributed by atoms with Gasteiger partial charge in [-0.15, -0.1) is 0 Å². The third-order valence-electron chi connectivity index (χ3n) is 3.84. The van der Waals surface area contributed by atoms with Gasteiger partial charge in [0.05, 0.1) is 12.0 Å². The van der Waals surface area contributed by atoms with Crippen LogP contribution in [0.3, 0.4) is 0 Å². The molecule has 2 rings (SSSR count). The van der Waals surface area contributed by atoms with Crippen molar-refractivity contribution < 1.29 is 9.66 Å². The molecular weight excluding hydrogens is 232 g/mol. The zero-order valence-electron chi connectivity index (χ0n) is 10.9. The van der Waals surface area contributed by atoms with Gasteiger partial charge in [0.15, 0.2) is 5.75 Å². The van der Waals surface area contributed by atoms with Gasteiger partial charge < -0.3 is 10.1 Å². The molecule has 0 saturated heterocycles. The number of anilines is 1. The Labute approximate surface area is 106 Å². The topological polar surface area (TPSA) is 64.4 Å². The summed E-state index contributed by atoms with van der Waals surface area (Å²) in [5, 5.41) is 14.3. The zero-order valence-corrected chi connectivity index (χ0v) is 10.9. The number of benzene rings is 1. The van der Waals surface area contributed by atoms with E-state index < -0.39 is 4.92 Å². The summed E-state index contributed by atoms with van der Waals surface area (Å²) in [7, 11) is 1.43. The van der Waals surface area contributed by atoms with Crippen molar-refractivity contribution in [1.82, 2.24) is 0 Å². The van der Waals surface area contributed by atoms with Gasteiger partial charge >= 0.3 is 5.69 Å². The molecule has 1 atom stereocenters. The summed E-state index contributed by atoms with van der Waals surface area (Å²) in [6, 6.07) is 5.28. The average molecular weight is 250 g/mol. The Bertz CT molecular complexity index is 469. The highest BCUT2D eigenvalue weighted by Gasteiger charge is 2.42. The summed E-state index contributed by atoms with van der Waals surface area (Å²) in [4.78, 5) is 10.5. The number of hydrogen-bond acceptors (Lipinski definition) is 4. The van der Waals surface area contributed by atoms with Crippen LogP contribution in [0.5, 0.6) is 5.75 Å². The first-order valence-corrected chi connectivity index (χ1v) is 6.05. The lowest BCUT2D eigenvalue weighted by molar-refractivity contribution is -0.385. The van der Waals surface area contributed by atoms with Crippen LogP contribution in [0, 0.1) is 15.5 Å². The van der Waals surface area contributed by atoms with Crippen LogP contribution in [0.25, 0.3) is 0 Å². The summed E-state index contributed by atoms with van der Waals surface area (Å²) in [5.41, 5.74) is 1.09. The molecule has 1 aliphatic rings. The molecule has 1 N–H and O–H groups in total. The smallest absolute Gasteiger partial charge is 0.312 e. The van der Waals surface area contributed by atoms with E-state index in [-0.39, 0.29) is 11.4 Å². The molecule has 1 fully saturated rings. The number of hydrogen-bond donors (Lipinski definition) is 1. The number of nitrogens with one attached hydrogen (secondary N) is 1. The van der Waals surface area contributed by atoms with Crippen molar-refractivity contribution in [2.24, 2.45) is 5.41 Å². The molecule has 98 valence electrons. The monoisotopic (exact) mass is 250 g/mol. The van der Waals surface area contributed by atoms with Gasteiger partial charge in [0.25, 0.3) is 0 Å². The molecule has 1 unspecified atom stereocenters. The maximum absolute atomic E-state index is 10.9. The Kier molecular flexibility index (Phi) is 3.15. The highest BCUT2D eigenvalue weighted by molar-refractivity contribution is 5.59. The second-order valence-electron chi connectivity index (χ2n) is 5.16. The fourth-order valence-electron chi connectivity index (χ4n) is 1.98. The van der Waals surface area contributed by atoms with Crippen LogP contribution in [-0.2, 0) is 0 Å². The number of nitro benzene ring substituents is 1. The van der Waals surface area contributed by atoms with Crippen molar-refractivity contribution in [3.8, 4) is 5.75 Å². The van der Waals surface area contributed by atoms with Gasteiger partial charge in [0.2, 0.25) is 0 Å². The number of nitro groups is 1. The Morgan fingerprint density at radius 2 is 2.17 bits per heavy atom. The minimum Gasteiger partial charge on any atom is -0.490 e. The quantitative estimate of drug-likeness (QED) is 0.643. The third kappa shape index (κ3) is 2.39. The molecule has 0 amide bonds. The highest BCUT2D eigenvalue weighted by atomic mass is 16.6. The van der Waals surface area contributed by atoms with Gasteiger partial charge in [0.1, 0.15) is 0 Å². The summed E-state index contributed by atoms with van der Waals surface area (Å²) in [5.74, 6) is 0.288. The maximum Gasteiger partial charge on any atom is 0.312 e. The Hall–Kier alpha value is -1.78. The molecule has 1 saturated carbocycles. The minimum atomic E-state index is -0.423. The van der Waals surface area contributed by atoms with Gasteiger partial charge in [-0.1, -0.05) is 6.92 Å². The van der Waals surface area contributed by atoms with Crippen LogP contribution in [0.2, 0.25) is 0 Å². The van der Waals surface area contributed by atoms with E-state index >= 15 is 0 Å². The summed E-state index contributed by atoms with van der Waals surface area (Å²) in [6.45, 7) is 4.34. The van der Waals surface area contributed by atoms with Crippen molar-refractivity contribution in [2.75, 3.05) is 12.4 Å². The van der Waals surface area contributed by atoms with Crippen molar-refractivity contribution in [3.05, 3.63) is 28.3 Å². The fraction of sp³-hybridized carbons (Fsp3) is 0.538. The standard InChI is InChI=1S/C13H18N2O3/c1-9(13(2)6-7-13)14-10-4-5-12(18-3)11(8-10)15(16)17/h4-5,8-9,14H,6-7H2,1-3H3. The van der Waals surface area contributed by atoms with Crippen LogP contribution >= 0.6 is 0 Å². The Morgan fingerprint density at radius 3 is 2.67 bits per heavy atom. The summed E-state index contributed by atoms with van der Waals surface area (Å²) < 4.78 is 4.98. The van der Waals surface area contributed by atoms with Gasteiger partial charge in [0, 0.05) is 17.8 Å². The fourth-order valence-corrected chi connectivity index (χ4v) is 1.98. The molecule has 1 aromatic carbocycles. The molecule has 5 heteroatoms. The average Bonchev–Trinajstić information content (AvgIpc) is 3.08. The van der Waals surface area contributed by atoms with Crippen molar-refractivity contribution in [3.63, 3.8) is 0 Å². The van der Waals surface area contributed by atoms with E-state index in [0.29, 0.717) is 11.5 Å². The lowest BCUT2D eigenvalue weighted by Gasteiger charge is -2.21. The Morgan fingerprint density at radius 1 is 1.50 bits per heavy atom. The van der Waals surface area contributed by atoms with E-state index in [1.54, 1.807) is 6.07 Å². The molecule has 18 heavy (non-hydrogen) atoms. The normalized spacial score (nSPS) is 17.9. The maximum atomic E-state index is 10.9. The lowest BCUT2D eigenvalue weighted by Crippen LogP contribution is -2.24. The van der Waals surface area contributed by atoms with Crippen molar-refractivity contribution in [1.29, 1.82) is 0 Å². The van der Waals surface area contributed by atoms with Crippen LogP contribution in [0.4, 0.5) is 11.4 Å². The highest BCUT2D eigenvalue weighted by Crippen LogP contribution is 2.49. The molecule has 1 aromatic rings. The largest absolute Gasteiger partial charge is 0.490 e. The van der Waals surface area contributed by atoms with Crippen LogP contribution < -0.4 is 10.1 Å². The number of methoxy groups -OCH3 is 1.